The molecule has 1 amide bonds. The van der Waals surface area contributed by atoms with Crippen molar-refractivity contribution in [1.82, 2.24) is 15.3 Å². The Balaban J connectivity index is 1.70. The highest BCUT2D eigenvalue weighted by Gasteiger charge is 2.28. The van der Waals surface area contributed by atoms with Crippen LogP contribution in [-0.2, 0) is 11.2 Å². The number of hydrogen-bond donors (Lipinski definition) is 2. The van der Waals surface area contributed by atoms with Crippen molar-refractivity contribution in [2.75, 3.05) is 18.5 Å². The number of carbonyl (C=O) groups is 1. The van der Waals surface area contributed by atoms with Crippen LogP contribution in [0, 0.1) is 0 Å². The molecule has 0 spiro atoms. The van der Waals surface area contributed by atoms with E-state index < -0.39 is 0 Å². The van der Waals surface area contributed by atoms with Crippen LogP contribution >= 0.6 is 0 Å². The number of H-pyrrole nitrogens is 1. The Bertz CT molecular complexity index is 594. The molecule has 1 aromatic carbocycles. The lowest BCUT2D eigenvalue weighted by atomic mass is 9.96. The molecule has 1 aromatic heterocycles. The standard InChI is InChI=1S/C15H18N4O/c1-19-13-5-3-2-4-11(13)12(10-15(19)20)16-7-6-14-17-8-9-18-14/h2-5,8-9,12,16H,6-7,10H2,1H3,(H,17,18). The number of imidazole rings is 1. The predicted octanol–water partition coefficient (Wildman–Crippen LogP) is 1.65. The first-order valence-corrected chi connectivity index (χ1v) is 6.83. The Kier molecular flexibility index (Phi) is 3.52. The van der Waals surface area contributed by atoms with Crippen molar-refractivity contribution in [2.45, 2.75) is 18.9 Å². The Morgan fingerprint density at radius 3 is 3.10 bits per heavy atom. The number of nitrogens with one attached hydrogen (secondary N) is 2. The summed E-state index contributed by atoms with van der Waals surface area (Å²) in [6.45, 7) is 0.795. The number of amides is 1. The van der Waals surface area contributed by atoms with Gasteiger partial charge in [0.15, 0.2) is 0 Å². The van der Waals surface area contributed by atoms with Crippen molar-refractivity contribution >= 4 is 11.6 Å². The number of carbonyl (C=O) groups excluding carboxylic acids is 1. The fraction of sp³-hybridized carbons (Fsp3) is 0.333. The minimum absolute atomic E-state index is 0.0878. The highest BCUT2D eigenvalue weighted by atomic mass is 16.2. The van der Waals surface area contributed by atoms with Crippen molar-refractivity contribution < 1.29 is 4.79 Å². The van der Waals surface area contributed by atoms with Crippen LogP contribution in [0.5, 0.6) is 0 Å². The van der Waals surface area contributed by atoms with Gasteiger partial charge in [-0.05, 0) is 11.6 Å². The zero-order valence-electron chi connectivity index (χ0n) is 11.5. The van der Waals surface area contributed by atoms with Gasteiger partial charge < -0.3 is 15.2 Å². The van der Waals surface area contributed by atoms with E-state index in [-0.39, 0.29) is 11.9 Å². The van der Waals surface area contributed by atoms with Crippen LogP contribution in [0.3, 0.4) is 0 Å². The van der Waals surface area contributed by atoms with Gasteiger partial charge in [-0.2, -0.15) is 0 Å². The van der Waals surface area contributed by atoms with E-state index in [1.807, 2.05) is 31.4 Å². The Labute approximate surface area is 118 Å². The highest BCUT2D eigenvalue weighted by Crippen LogP contribution is 2.33. The molecule has 0 aliphatic carbocycles. The first kappa shape index (κ1) is 12.9. The van der Waals surface area contributed by atoms with Gasteiger partial charge in [-0.15, -0.1) is 0 Å². The summed E-state index contributed by atoms with van der Waals surface area (Å²) in [5, 5.41) is 3.46. The molecule has 0 bridgehead atoms. The normalized spacial score (nSPS) is 18.1. The summed E-state index contributed by atoms with van der Waals surface area (Å²) in [6, 6.07) is 8.15. The minimum Gasteiger partial charge on any atom is -0.349 e. The molecular formula is C15H18N4O. The molecule has 1 aliphatic rings. The summed E-state index contributed by atoms with van der Waals surface area (Å²) in [6.07, 6.45) is 4.91. The van der Waals surface area contributed by atoms with Crippen LogP contribution in [0.25, 0.3) is 0 Å². The number of aromatic amines is 1. The van der Waals surface area contributed by atoms with Gasteiger partial charge in [0, 0.05) is 50.6 Å². The maximum Gasteiger partial charge on any atom is 0.228 e. The van der Waals surface area contributed by atoms with Gasteiger partial charge in [-0.3, -0.25) is 4.79 Å². The molecule has 1 aliphatic heterocycles. The van der Waals surface area contributed by atoms with Gasteiger partial charge in [0.25, 0.3) is 0 Å². The molecular weight excluding hydrogens is 252 g/mol. The second-order valence-corrected chi connectivity index (χ2v) is 5.01. The fourth-order valence-electron chi connectivity index (χ4n) is 2.63. The lowest BCUT2D eigenvalue weighted by molar-refractivity contribution is -0.119. The summed E-state index contributed by atoms with van der Waals surface area (Å²) >= 11 is 0. The quantitative estimate of drug-likeness (QED) is 0.888. The zero-order valence-corrected chi connectivity index (χ0v) is 11.5. The van der Waals surface area contributed by atoms with Gasteiger partial charge >= 0.3 is 0 Å². The fourth-order valence-corrected chi connectivity index (χ4v) is 2.63. The van der Waals surface area contributed by atoms with Crippen molar-refractivity contribution in [1.29, 1.82) is 0 Å². The molecule has 104 valence electrons. The molecule has 2 aromatic rings. The zero-order chi connectivity index (χ0) is 13.9. The van der Waals surface area contributed by atoms with Crippen LogP contribution in [0.1, 0.15) is 23.9 Å². The molecule has 1 unspecified atom stereocenters. The number of benzene rings is 1. The molecule has 0 saturated heterocycles. The summed E-state index contributed by atoms with van der Waals surface area (Å²) in [5.74, 6) is 1.12. The number of anilines is 1. The maximum absolute atomic E-state index is 12.0. The van der Waals surface area contributed by atoms with E-state index in [2.05, 4.69) is 21.4 Å². The molecule has 2 heterocycles. The highest BCUT2D eigenvalue weighted by molar-refractivity contribution is 5.96. The van der Waals surface area contributed by atoms with E-state index in [0.717, 1.165) is 24.5 Å². The van der Waals surface area contributed by atoms with E-state index in [1.165, 1.54) is 5.56 Å². The molecule has 1 atom stereocenters. The van der Waals surface area contributed by atoms with Gasteiger partial charge in [0.05, 0.1) is 0 Å². The lowest BCUT2D eigenvalue weighted by Crippen LogP contribution is -2.38. The summed E-state index contributed by atoms with van der Waals surface area (Å²) in [7, 11) is 1.83. The topological polar surface area (TPSA) is 61.0 Å². The Morgan fingerprint density at radius 2 is 2.30 bits per heavy atom. The summed E-state index contributed by atoms with van der Waals surface area (Å²) in [5.41, 5.74) is 2.19. The van der Waals surface area contributed by atoms with Crippen LogP contribution in [-0.4, -0.2) is 29.5 Å². The molecule has 3 rings (SSSR count). The molecule has 5 nitrogen and oxygen atoms in total. The van der Waals surface area contributed by atoms with Crippen LogP contribution in [0.15, 0.2) is 36.7 Å². The maximum atomic E-state index is 12.0. The third kappa shape index (κ3) is 2.44. The van der Waals surface area contributed by atoms with Gasteiger partial charge in [-0.25, -0.2) is 4.98 Å². The number of rotatable bonds is 4. The van der Waals surface area contributed by atoms with E-state index in [4.69, 9.17) is 0 Å². The van der Waals surface area contributed by atoms with Crippen molar-refractivity contribution in [3.63, 3.8) is 0 Å². The van der Waals surface area contributed by atoms with E-state index in [9.17, 15) is 4.79 Å². The SMILES string of the molecule is CN1C(=O)CC(NCCc2ncc[nH]2)c2ccccc21. The van der Waals surface area contributed by atoms with Crippen molar-refractivity contribution in [3.8, 4) is 0 Å². The number of aromatic nitrogens is 2. The molecule has 5 heteroatoms. The summed E-state index contributed by atoms with van der Waals surface area (Å²) < 4.78 is 0. The molecule has 2 N–H and O–H groups in total. The number of fused-ring (bicyclic) bond motifs is 1. The van der Waals surface area contributed by atoms with Crippen LogP contribution in [0.2, 0.25) is 0 Å². The largest absolute Gasteiger partial charge is 0.349 e. The molecule has 0 fully saturated rings. The first-order valence-electron chi connectivity index (χ1n) is 6.83. The summed E-state index contributed by atoms with van der Waals surface area (Å²) in [4.78, 5) is 21.0. The average molecular weight is 270 g/mol. The average Bonchev–Trinajstić information content (AvgIpc) is 2.97. The second kappa shape index (κ2) is 5.46. The van der Waals surface area contributed by atoms with E-state index in [1.54, 1.807) is 11.1 Å². The van der Waals surface area contributed by atoms with Crippen molar-refractivity contribution in [3.05, 3.63) is 48.0 Å². The van der Waals surface area contributed by atoms with Crippen LogP contribution in [0.4, 0.5) is 5.69 Å². The monoisotopic (exact) mass is 270 g/mol. The molecule has 0 radical (unpaired) electrons. The van der Waals surface area contributed by atoms with Crippen molar-refractivity contribution in [2.24, 2.45) is 0 Å². The van der Waals surface area contributed by atoms with Gasteiger partial charge in [0.1, 0.15) is 5.82 Å². The van der Waals surface area contributed by atoms with Crippen LogP contribution < -0.4 is 10.2 Å². The van der Waals surface area contributed by atoms with Gasteiger partial charge in [-0.1, -0.05) is 18.2 Å². The lowest BCUT2D eigenvalue weighted by Gasteiger charge is -2.32. The molecule has 0 saturated carbocycles. The smallest absolute Gasteiger partial charge is 0.228 e. The Hall–Kier alpha value is -2.14. The number of hydrogen-bond acceptors (Lipinski definition) is 3. The number of nitrogens with zero attached hydrogens (tertiary/aromatic N) is 2. The number of para-hydroxylation sites is 1. The van der Waals surface area contributed by atoms with Gasteiger partial charge in [0.2, 0.25) is 5.91 Å². The molecule has 20 heavy (non-hydrogen) atoms. The third-order valence-corrected chi connectivity index (χ3v) is 3.73. The van der Waals surface area contributed by atoms with E-state index in [0.29, 0.717) is 6.42 Å². The first-order chi connectivity index (χ1) is 9.75. The predicted molar refractivity (Wildman–Crippen MR) is 77.5 cm³/mol. The minimum atomic E-state index is 0.0878. The second-order valence-electron chi connectivity index (χ2n) is 5.01. The third-order valence-electron chi connectivity index (χ3n) is 3.73. The Morgan fingerprint density at radius 1 is 1.45 bits per heavy atom. The van der Waals surface area contributed by atoms with E-state index >= 15 is 0 Å².